The van der Waals surface area contributed by atoms with Gasteiger partial charge in [0, 0.05) is 26.1 Å². The molecule has 26 heavy (non-hydrogen) atoms. The minimum atomic E-state index is -0.583. The molecule has 3 rings (SSSR count). The summed E-state index contributed by atoms with van der Waals surface area (Å²) in [6, 6.07) is 11.9. The molecule has 1 aromatic heterocycles. The van der Waals surface area contributed by atoms with Gasteiger partial charge in [0.15, 0.2) is 0 Å². The van der Waals surface area contributed by atoms with Gasteiger partial charge in [-0.2, -0.15) is 5.10 Å². The fourth-order valence-corrected chi connectivity index (χ4v) is 3.15. The summed E-state index contributed by atoms with van der Waals surface area (Å²) in [7, 11) is 0. The van der Waals surface area contributed by atoms with Crippen LogP contribution in [-0.4, -0.2) is 38.8 Å². The van der Waals surface area contributed by atoms with Crippen molar-refractivity contribution in [1.29, 1.82) is 0 Å². The summed E-state index contributed by atoms with van der Waals surface area (Å²) in [6.45, 7) is 4.96. The Labute approximate surface area is 154 Å². The Morgan fingerprint density at radius 3 is 2.88 bits per heavy atom. The number of hydrogen-bond donors (Lipinski definition) is 1. The molecule has 1 amide bonds. The molecule has 1 aromatic carbocycles. The molecule has 0 spiro atoms. The van der Waals surface area contributed by atoms with E-state index in [4.69, 9.17) is 4.74 Å². The van der Waals surface area contributed by atoms with E-state index in [0.717, 1.165) is 37.2 Å². The zero-order valence-corrected chi connectivity index (χ0v) is 15.3. The van der Waals surface area contributed by atoms with Gasteiger partial charge in [-0.15, -0.1) is 0 Å². The van der Waals surface area contributed by atoms with Gasteiger partial charge in [0.05, 0.1) is 30.6 Å². The van der Waals surface area contributed by atoms with Crippen LogP contribution in [0.1, 0.15) is 49.2 Å². The number of aliphatic hydroxyl groups excluding tert-OH is 1. The summed E-state index contributed by atoms with van der Waals surface area (Å²) in [5.74, 6) is 0.154. The maximum atomic E-state index is 12.5. The summed E-state index contributed by atoms with van der Waals surface area (Å²) in [5, 5.41) is 14.1. The second-order valence-corrected chi connectivity index (χ2v) is 6.77. The van der Waals surface area contributed by atoms with Crippen molar-refractivity contribution in [2.24, 2.45) is 0 Å². The first-order valence-electron chi connectivity index (χ1n) is 9.27. The Morgan fingerprint density at radius 2 is 2.12 bits per heavy atom. The second-order valence-electron chi connectivity index (χ2n) is 6.77. The van der Waals surface area contributed by atoms with E-state index in [0.29, 0.717) is 31.9 Å². The third kappa shape index (κ3) is 4.93. The molecule has 0 bridgehead atoms. The van der Waals surface area contributed by atoms with E-state index in [-0.39, 0.29) is 5.91 Å². The second kappa shape index (κ2) is 8.96. The average Bonchev–Trinajstić information content (AvgIpc) is 2.94. The lowest BCUT2D eigenvalue weighted by Crippen LogP contribution is -2.30. The van der Waals surface area contributed by atoms with Crippen LogP contribution in [-0.2, 0) is 29.2 Å². The highest BCUT2D eigenvalue weighted by molar-refractivity contribution is 5.76. The number of carbonyl (C=O) groups is 1. The van der Waals surface area contributed by atoms with Gasteiger partial charge in [0.25, 0.3) is 0 Å². The summed E-state index contributed by atoms with van der Waals surface area (Å²) in [6.07, 6.45) is 1.51. The molecule has 2 aromatic rings. The van der Waals surface area contributed by atoms with Crippen molar-refractivity contribution in [3.63, 3.8) is 0 Å². The molecule has 1 atom stereocenters. The van der Waals surface area contributed by atoms with Gasteiger partial charge >= 0.3 is 0 Å². The van der Waals surface area contributed by atoms with Crippen molar-refractivity contribution >= 4 is 5.91 Å². The van der Waals surface area contributed by atoms with Crippen molar-refractivity contribution in [3.05, 3.63) is 53.3 Å². The van der Waals surface area contributed by atoms with E-state index in [9.17, 15) is 9.90 Å². The highest BCUT2D eigenvalue weighted by Crippen LogP contribution is 2.18. The lowest BCUT2D eigenvalue weighted by molar-refractivity contribution is -0.132. The molecular formula is C20H27N3O3. The molecule has 6 nitrogen and oxygen atoms in total. The normalized spacial score (nSPS) is 15.4. The van der Waals surface area contributed by atoms with Crippen LogP contribution < -0.4 is 0 Å². The molecule has 1 N–H and O–H groups in total. The largest absolute Gasteiger partial charge is 0.387 e. The summed E-state index contributed by atoms with van der Waals surface area (Å²) < 4.78 is 7.57. The standard InChI is InChI=1S/C20H27N3O3/c1-16(24)19-13-18-14-22(10-6-11-23(18)21-19)20(25)9-5-12-26-15-17-7-3-2-4-8-17/h2-4,7-8,13,16,24H,5-6,9-12,14-15H2,1H3. The number of ether oxygens (including phenoxy) is 1. The zero-order chi connectivity index (χ0) is 18.4. The minimum absolute atomic E-state index is 0.154. The number of benzene rings is 1. The first-order chi connectivity index (χ1) is 12.6. The molecular weight excluding hydrogens is 330 g/mol. The van der Waals surface area contributed by atoms with Gasteiger partial charge in [-0.25, -0.2) is 0 Å². The van der Waals surface area contributed by atoms with E-state index >= 15 is 0 Å². The van der Waals surface area contributed by atoms with Gasteiger partial charge in [-0.3, -0.25) is 9.48 Å². The van der Waals surface area contributed by atoms with Gasteiger partial charge in [-0.1, -0.05) is 30.3 Å². The molecule has 1 unspecified atom stereocenters. The maximum Gasteiger partial charge on any atom is 0.223 e. The number of amides is 1. The van der Waals surface area contributed by atoms with Crippen LogP contribution in [0, 0.1) is 0 Å². The third-order valence-corrected chi connectivity index (χ3v) is 4.60. The molecule has 0 fully saturated rings. The van der Waals surface area contributed by atoms with Crippen LogP contribution in [0.3, 0.4) is 0 Å². The summed E-state index contributed by atoms with van der Waals surface area (Å²) in [5.41, 5.74) is 2.81. The fourth-order valence-electron chi connectivity index (χ4n) is 3.15. The average molecular weight is 357 g/mol. The number of aryl methyl sites for hydroxylation is 1. The topological polar surface area (TPSA) is 67.6 Å². The van der Waals surface area contributed by atoms with Gasteiger partial charge in [-0.05, 0) is 31.4 Å². The number of carbonyl (C=O) groups excluding carboxylic acids is 1. The maximum absolute atomic E-state index is 12.5. The van der Waals surface area contributed by atoms with Crippen LogP contribution in [0.5, 0.6) is 0 Å². The molecule has 0 saturated carbocycles. The molecule has 1 aliphatic rings. The summed E-state index contributed by atoms with van der Waals surface area (Å²) >= 11 is 0. The van der Waals surface area contributed by atoms with Crippen molar-refractivity contribution < 1.29 is 14.6 Å². The first kappa shape index (κ1) is 18.6. The van der Waals surface area contributed by atoms with E-state index in [1.165, 1.54) is 0 Å². The minimum Gasteiger partial charge on any atom is -0.387 e. The number of hydrogen-bond acceptors (Lipinski definition) is 4. The van der Waals surface area contributed by atoms with Gasteiger partial charge < -0.3 is 14.7 Å². The molecule has 0 aliphatic carbocycles. The monoisotopic (exact) mass is 357 g/mol. The lowest BCUT2D eigenvalue weighted by Gasteiger charge is -2.20. The molecule has 0 radical (unpaired) electrons. The number of aromatic nitrogens is 2. The van der Waals surface area contributed by atoms with Crippen LogP contribution in [0.4, 0.5) is 0 Å². The van der Waals surface area contributed by atoms with E-state index in [2.05, 4.69) is 5.10 Å². The Hall–Kier alpha value is -2.18. The van der Waals surface area contributed by atoms with Crippen molar-refractivity contribution in [2.45, 2.75) is 52.0 Å². The smallest absolute Gasteiger partial charge is 0.223 e. The van der Waals surface area contributed by atoms with Crippen LogP contribution >= 0.6 is 0 Å². The third-order valence-electron chi connectivity index (χ3n) is 4.60. The Kier molecular flexibility index (Phi) is 6.41. The van der Waals surface area contributed by atoms with E-state index < -0.39 is 6.10 Å². The highest BCUT2D eigenvalue weighted by Gasteiger charge is 2.21. The van der Waals surface area contributed by atoms with Crippen molar-refractivity contribution in [3.8, 4) is 0 Å². The molecule has 2 heterocycles. The predicted molar refractivity (Wildman–Crippen MR) is 98.2 cm³/mol. The fraction of sp³-hybridized carbons (Fsp3) is 0.500. The number of fused-ring (bicyclic) bond motifs is 1. The first-order valence-corrected chi connectivity index (χ1v) is 9.27. The van der Waals surface area contributed by atoms with Crippen molar-refractivity contribution in [1.82, 2.24) is 14.7 Å². The summed E-state index contributed by atoms with van der Waals surface area (Å²) in [4.78, 5) is 14.4. The van der Waals surface area contributed by atoms with Crippen LogP contribution in [0.15, 0.2) is 36.4 Å². The zero-order valence-electron chi connectivity index (χ0n) is 15.3. The number of rotatable bonds is 7. The van der Waals surface area contributed by atoms with Crippen molar-refractivity contribution in [2.75, 3.05) is 13.2 Å². The highest BCUT2D eigenvalue weighted by atomic mass is 16.5. The number of aliphatic hydroxyl groups is 1. The van der Waals surface area contributed by atoms with E-state index in [1.54, 1.807) is 6.92 Å². The Morgan fingerprint density at radius 1 is 1.31 bits per heavy atom. The number of nitrogens with zero attached hydrogens (tertiary/aromatic N) is 3. The molecule has 0 saturated heterocycles. The van der Waals surface area contributed by atoms with Crippen LogP contribution in [0.2, 0.25) is 0 Å². The molecule has 140 valence electrons. The Bertz CT molecular complexity index is 712. The molecule has 1 aliphatic heterocycles. The Balaban J connectivity index is 1.44. The van der Waals surface area contributed by atoms with Crippen LogP contribution in [0.25, 0.3) is 0 Å². The predicted octanol–water partition coefficient (Wildman–Crippen LogP) is 2.67. The lowest BCUT2D eigenvalue weighted by atomic mass is 10.2. The molecule has 6 heteroatoms. The van der Waals surface area contributed by atoms with E-state index in [1.807, 2.05) is 46.0 Å². The van der Waals surface area contributed by atoms with Gasteiger partial charge in [0.2, 0.25) is 5.91 Å². The SMILES string of the molecule is CC(O)c1cc2n(n1)CCCN(C(=O)CCCOCc1ccccc1)C2. The van der Waals surface area contributed by atoms with Gasteiger partial charge in [0.1, 0.15) is 0 Å². The quantitative estimate of drug-likeness (QED) is 0.774.